The molecule has 1 fully saturated rings. The minimum absolute atomic E-state index is 0. The number of carbonyl (C=O) groups excluding carboxylic acids is 1. The quantitative estimate of drug-likeness (QED) is 0.799. The summed E-state index contributed by atoms with van der Waals surface area (Å²) in [4.78, 5) is 21.2. The van der Waals surface area contributed by atoms with Gasteiger partial charge in [-0.25, -0.2) is 9.37 Å². The van der Waals surface area contributed by atoms with E-state index in [-0.39, 0.29) is 25.2 Å². The first kappa shape index (κ1) is 21.0. The van der Waals surface area contributed by atoms with Crippen molar-refractivity contribution in [3.8, 4) is 5.88 Å². The number of halogens is 2. The Morgan fingerprint density at radius 3 is 2.67 bits per heavy atom. The predicted molar refractivity (Wildman–Crippen MR) is 97.2 cm³/mol. The third-order valence-electron chi connectivity index (χ3n) is 4.40. The molecule has 0 bridgehead atoms. The second-order valence-corrected chi connectivity index (χ2v) is 6.63. The molecule has 7 nitrogen and oxygen atoms in total. The number of hydrogen-bond acceptors (Lipinski definition) is 6. The van der Waals surface area contributed by atoms with E-state index in [1.165, 1.54) is 12.3 Å². The summed E-state index contributed by atoms with van der Waals surface area (Å²) in [6, 6.07) is 4.42. The highest BCUT2D eigenvalue weighted by Gasteiger charge is 2.25. The lowest BCUT2D eigenvalue weighted by Gasteiger charge is -2.32. The van der Waals surface area contributed by atoms with Crippen molar-refractivity contribution in [3.63, 3.8) is 0 Å². The van der Waals surface area contributed by atoms with Crippen LogP contribution in [-0.2, 0) is 11.4 Å². The van der Waals surface area contributed by atoms with E-state index in [0.29, 0.717) is 29.6 Å². The Labute approximate surface area is 161 Å². The summed E-state index contributed by atoms with van der Waals surface area (Å²) >= 11 is 5.76. The van der Waals surface area contributed by atoms with Gasteiger partial charge in [-0.1, -0.05) is 17.7 Å². The molecule has 2 heterocycles. The number of quaternary nitrogens is 1. The summed E-state index contributed by atoms with van der Waals surface area (Å²) < 4.78 is 19.6. The van der Waals surface area contributed by atoms with E-state index in [1.54, 1.807) is 18.3 Å². The summed E-state index contributed by atoms with van der Waals surface area (Å²) in [5.41, 5.74) is 1.10. The molecule has 146 valence electrons. The predicted octanol–water partition coefficient (Wildman–Crippen LogP) is 2.15. The number of hydrogen-bond donors (Lipinski definition) is 1. The molecule has 1 saturated heterocycles. The van der Waals surface area contributed by atoms with Crippen molar-refractivity contribution in [3.05, 3.63) is 52.7 Å². The van der Waals surface area contributed by atoms with E-state index in [9.17, 15) is 14.3 Å². The number of aromatic nitrogens is 2. The number of aliphatic carboxylic acids is 1. The Morgan fingerprint density at radius 2 is 2.00 bits per heavy atom. The summed E-state index contributed by atoms with van der Waals surface area (Å²) in [5.74, 6) is -1.01. The summed E-state index contributed by atoms with van der Waals surface area (Å²) in [6.45, 7) is 1.24. The zero-order chi connectivity index (χ0) is 18.5. The average molecular weight is 397 g/mol. The van der Waals surface area contributed by atoms with Crippen LogP contribution in [0.1, 0.15) is 30.0 Å². The maximum absolute atomic E-state index is 13.9. The van der Waals surface area contributed by atoms with Crippen molar-refractivity contribution in [2.75, 3.05) is 19.6 Å². The number of rotatable bonds is 6. The highest BCUT2D eigenvalue weighted by Crippen LogP contribution is 2.31. The Kier molecular flexibility index (Phi) is 7.46. The fourth-order valence-electron chi connectivity index (χ4n) is 3.06. The highest BCUT2D eigenvalue weighted by atomic mass is 35.5. The number of carboxylic acids is 1. The molecule has 1 aromatic heterocycles. The normalized spacial score (nSPS) is 15.2. The first-order chi connectivity index (χ1) is 12.5. The van der Waals surface area contributed by atoms with Gasteiger partial charge in [0.1, 0.15) is 18.1 Å². The van der Waals surface area contributed by atoms with Gasteiger partial charge in [0.15, 0.2) is 0 Å². The van der Waals surface area contributed by atoms with Crippen molar-refractivity contribution < 1.29 is 19.0 Å². The monoisotopic (exact) mass is 396 g/mol. The molecule has 0 unspecified atom stereocenters. The second-order valence-electron chi connectivity index (χ2n) is 6.19. The van der Waals surface area contributed by atoms with Gasteiger partial charge in [-0.3, -0.25) is 9.88 Å². The van der Waals surface area contributed by atoms with Crippen LogP contribution in [-0.4, -0.2) is 40.5 Å². The molecular formula is C18H22ClFN4O3. The molecule has 1 aromatic carbocycles. The largest absolute Gasteiger partial charge is 0.549 e. The van der Waals surface area contributed by atoms with Gasteiger partial charge in [0.25, 0.3) is 0 Å². The molecule has 1 aliphatic rings. The number of benzene rings is 1. The molecule has 27 heavy (non-hydrogen) atoms. The number of likely N-dealkylation sites (tertiary alicyclic amines) is 1. The van der Waals surface area contributed by atoms with Crippen molar-refractivity contribution in [2.24, 2.45) is 0 Å². The van der Waals surface area contributed by atoms with Gasteiger partial charge >= 0.3 is 0 Å². The highest BCUT2D eigenvalue weighted by molar-refractivity contribution is 6.30. The molecule has 0 saturated carbocycles. The average Bonchev–Trinajstić information content (AvgIpc) is 2.61. The van der Waals surface area contributed by atoms with E-state index >= 15 is 0 Å². The van der Waals surface area contributed by atoms with Crippen LogP contribution in [0.3, 0.4) is 0 Å². The van der Waals surface area contributed by atoms with E-state index in [2.05, 4.69) is 9.97 Å². The maximum atomic E-state index is 13.9. The topological polar surface area (TPSA) is 115 Å². The smallest absolute Gasteiger partial charge is 0.236 e. The molecule has 0 atom stereocenters. The van der Waals surface area contributed by atoms with Crippen LogP contribution in [0.25, 0.3) is 0 Å². The molecule has 4 N–H and O–H groups in total. The molecule has 0 aliphatic carbocycles. The van der Waals surface area contributed by atoms with Crippen LogP contribution in [0, 0.1) is 5.82 Å². The van der Waals surface area contributed by atoms with Gasteiger partial charge in [-0.2, -0.15) is 0 Å². The number of ether oxygens (including phenoxy) is 1. The van der Waals surface area contributed by atoms with E-state index in [4.69, 9.17) is 16.3 Å². The van der Waals surface area contributed by atoms with Crippen LogP contribution < -0.4 is 16.0 Å². The SMILES string of the molecule is O=C([O-])CN1CCC(c2nccnc2OCc2ccc(Cl)cc2F)CC1.[NH4+]. The van der Waals surface area contributed by atoms with E-state index < -0.39 is 11.8 Å². The molecular weight excluding hydrogens is 375 g/mol. The summed E-state index contributed by atoms with van der Waals surface area (Å²) in [6.07, 6.45) is 4.62. The lowest BCUT2D eigenvalue weighted by Crippen LogP contribution is -2.42. The van der Waals surface area contributed by atoms with E-state index in [1.807, 2.05) is 4.90 Å². The third kappa shape index (κ3) is 5.59. The van der Waals surface area contributed by atoms with Crippen LogP contribution in [0.4, 0.5) is 4.39 Å². The van der Waals surface area contributed by atoms with E-state index in [0.717, 1.165) is 18.5 Å². The van der Waals surface area contributed by atoms with Crippen LogP contribution >= 0.6 is 11.6 Å². The number of nitrogens with zero attached hydrogens (tertiary/aromatic N) is 3. The molecule has 9 heteroatoms. The fraction of sp³-hybridized carbons (Fsp3) is 0.389. The van der Waals surface area contributed by atoms with Crippen molar-refractivity contribution in [1.82, 2.24) is 21.0 Å². The van der Waals surface area contributed by atoms with Gasteiger partial charge < -0.3 is 20.8 Å². The van der Waals surface area contributed by atoms with Gasteiger partial charge in [0, 0.05) is 35.4 Å². The van der Waals surface area contributed by atoms with Gasteiger partial charge in [-0.05, 0) is 38.1 Å². The molecule has 0 amide bonds. The lowest BCUT2D eigenvalue weighted by molar-refractivity contribution is -0.306. The van der Waals surface area contributed by atoms with Gasteiger partial charge in [0.2, 0.25) is 5.88 Å². The minimum Gasteiger partial charge on any atom is -0.549 e. The van der Waals surface area contributed by atoms with Crippen LogP contribution in [0.5, 0.6) is 5.88 Å². The van der Waals surface area contributed by atoms with Crippen molar-refractivity contribution in [2.45, 2.75) is 25.4 Å². The van der Waals surface area contributed by atoms with Crippen LogP contribution in [0.15, 0.2) is 30.6 Å². The molecule has 3 rings (SSSR count). The molecule has 0 radical (unpaired) electrons. The lowest BCUT2D eigenvalue weighted by atomic mass is 9.93. The maximum Gasteiger partial charge on any atom is 0.236 e. The third-order valence-corrected chi connectivity index (χ3v) is 4.63. The number of carboxylic acid groups (broad SMARTS) is 1. The zero-order valence-corrected chi connectivity index (χ0v) is 15.8. The Balaban J connectivity index is 0.00000261. The Morgan fingerprint density at radius 1 is 1.30 bits per heavy atom. The summed E-state index contributed by atoms with van der Waals surface area (Å²) in [7, 11) is 0. The zero-order valence-electron chi connectivity index (χ0n) is 15.0. The number of carbonyl (C=O) groups is 1. The fourth-order valence-corrected chi connectivity index (χ4v) is 3.22. The van der Waals surface area contributed by atoms with Crippen LogP contribution in [0.2, 0.25) is 5.02 Å². The second kappa shape index (κ2) is 9.59. The first-order valence-corrected chi connectivity index (χ1v) is 8.70. The van der Waals surface area contributed by atoms with Crippen molar-refractivity contribution >= 4 is 17.6 Å². The Bertz CT molecular complexity index is 785. The minimum atomic E-state index is -1.07. The molecule has 2 aromatic rings. The molecule has 0 spiro atoms. The first-order valence-electron chi connectivity index (χ1n) is 8.32. The number of piperidine rings is 1. The molecule has 1 aliphatic heterocycles. The van der Waals surface area contributed by atoms with Gasteiger partial charge in [-0.15, -0.1) is 0 Å². The van der Waals surface area contributed by atoms with Crippen molar-refractivity contribution in [1.29, 1.82) is 0 Å². The standard InChI is InChI=1S/C18H19ClFN3O3.H3N/c19-14-2-1-13(15(20)9-14)11-26-18-17(21-5-6-22-18)12-3-7-23(8-4-12)10-16(24)25;/h1-2,5-6,9,12H,3-4,7-8,10-11H2,(H,24,25);1H3. The Hall–Kier alpha value is -2.29. The van der Waals surface area contributed by atoms with Gasteiger partial charge in [0.05, 0.1) is 5.97 Å². The summed E-state index contributed by atoms with van der Waals surface area (Å²) in [5, 5.41) is 11.0.